The van der Waals surface area contributed by atoms with Crippen molar-refractivity contribution in [1.29, 1.82) is 0 Å². The minimum absolute atomic E-state index is 0.182. The number of rotatable bonds is 3. The SMILES string of the molecule is Oc1ccccc1-c1nc(-c2ccccc2)nn1-c1ccccc1. The maximum Gasteiger partial charge on any atom is 0.182 e. The standard InChI is InChI=1S/C20H15N3O/c24-18-14-8-7-13-17(18)20-21-19(15-9-3-1-4-10-15)22-23(20)16-11-5-2-6-12-16/h1-14,24H. The Labute approximate surface area is 139 Å². The van der Waals surface area contributed by atoms with E-state index in [0.29, 0.717) is 17.2 Å². The molecule has 0 spiro atoms. The molecule has 0 unspecified atom stereocenters. The van der Waals surface area contributed by atoms with Crippen LogP contribution in [0.25, 0.3) is 28.5 Å². The third-order valence-corrected chi connectivity index (χ3v) is 3.78. The van der Waals surface area contributed by atoms with E-state index in [2.05, 4.69) is 10.1 Å². The monoisotopic (exact) mass is 313 g/mol. The van der Waals surface area contributed by atoms with Crippen molar-refractivity contribution in [1.82, 2.24) is 14.8 Å². The summed E-state index contributed by atoms with van der Waals surface area (Å²) >= 11 is 0. The van der Waals surface area contributed by atoms with Gasteiger partial charge in [0.15, 0.2) is 11.6 Å². The highest BCUT2D eigenvalue weighted by molar-refractivity contribution is 5.68. The first-order chi connectivity index (χ1) is 11.8. The number of para-hydroxylation sites is 2. The Kier molecular flexibility index (Phi) is 3.56. The quantitative estimate of drug-likeness (QED) is 0.613. The summed E-state index contributed by atoms with van der Waals surface area (Å²) in [6.07, 6.45) is 0. The van der Waals surface area contributed by atoms with Crippen LogP contribution in [0.3, 0.4) is 0 Å². The molecule has 0 aliphatic rings. The molecular formula is C20H15N3O. The van der Waals surface area contributed by atoms with E-state index in [1.165, 1.54) is 0 Å². The van der Waals surface area contributed by atoms with Crippen molar-refractivity contribution in [2.75, 3.05) is 0 Å². The van der Waals surface area contributed by atoms with Gasteiger partial charge >= 0.3 is 0 Å². The summed E-state index contributed by atoms with van der Waals surface area (Å²) in [4.78, 5) is 4.68. The Morgan fingerprint density at radius 2 is 1.33 bits per heavy atom. The van der Waals surface area contributed by atoms with Gasteiger partial charge in [0.1, 0.15) is 5.75 Å². The van der Waals surface area contributed by atoms with E-state index in [-0.39, 0.29) is 5.75 Å². The Bertz CT molecular complexity index is 963. The zero-order valence-electron chi connectivity index (χ0n) is 12.9. The van der Waals surface area contributed by atoms with Gasteiger partial charge in [0.2, 0.25) is 0 Å². The van der Waals surface area contributed by atoms with Crippen molar-refractivity contribution in [3.63, 3.8) is 0 Å². The van der Waals surface area contributed by atoms with Gasteiger partial charge in [-0.2, -0.15) is 0 Å². The minimum atomic E-state index is 0.182. The van der Waals surface area contributed by atoms with Crippen LogP contribution >= 0.6 is 0 Å². The summed E-state index contributed by atoms with van der Waals surface area (Å²) in [5.41, 5.74) is 2.48. The fourth-order valence-electron chi connectivity index (χ4n) is 2.61. The summed E-state index contributed by atoms with van der Waals surface area (Å²) < 4.78 is 1.76. The topological polar surface area (TPSA) is 50.9 Å². The molecule has 0 saturated heterocycles. The first-order valence-electron chi connectivity index (χ1n) is 7.69. The Hall–Kier alpha value is -3.40. The molecule has 0 radical (unpaired) electrons. The van der Waals surface area contributed by atoms with Crippen LogP contribution in [0.5, 0.6) is 5.75 Å². The lowest BCUT2D eigenvalue weighted by molar-refractivity contribution is 0.476. The number of benzene rings is 3. The zero-order valence-corrected chi connectivity index (χ0v) is 12.9. The number of phenols is 1. The van der Waals surface area contributed by atoms with Crippen LogP contribution in [0.15, 0.2) is 84.9 Å². The molecule has 0 atom stereocenters. The number of hydrogen-bond donors (Lipinski definition) is 1. The molecule has 4 nitrogen and oxygen atoms in total. The van der Waals surface area contributed by atoms with Crippen molar-refractivity contribution in [3.05, 3.63) is 84.9 Å². The summed E-state index contributed by atoms with van der Waals surface area (Å²) in [6.45, 7) is 0. The van der Waals surface area contributed by atoms with Gasteiger partial charge in [0.25, 0.3) is 0 Å². The van der Waals surface area contributed by atoms with E-state index < -0.39 is 0 Å². The first-order valence-corrected chi connectivity index (χ1v) is 7.69. The fraction of sp³-hybridized carbons (Fsp3) is 0. The van der Waals surface area contributed by atoms with Crippen LogP contribution in [-0.4, -0.2) is 19.9 Å². The zero-order chi connectivity index (χ0) is 16.4. The van der Waals surface area contributed by atoms with Crippen molar-refractivity contribution in [2.45, 2.75) is 0 Å². The molecule has 0 bridgehead atoms. The van der Waals surface area contributed by atoms with E-state index >= 15 is 0 Å². The molecule has 1 aromatic heterocycles. The molecule has 4 rings (SSSR count). The molecule has 0 aliphatic heterocycles. The third kappa shape index (κ3) is 2.54. The van der Waals surface area contributed by atoms with Gasteiger partial charge in [-0.05, 0) is 24.3 Å². The highest BCUT2D eigenvalue weighted by Crippen LogP contribution is 2.30. The molecule has 0 amide bonds. The molecule has 3 aromatic carbocycles. The third-order valence-electron chi connectivity index (χ3n) is 3.78. The lowest BCUT2D eigenvalue weighted by atomic mass is 10.2. The maximum absolute atomic E-state index is 10.2. The number of phenolic OH excluding ortho intramolecular Hbond substituents is 1. The molecule has 4 aromatic rings. The highest BCUT2D eigenvalue weighted by Gasteiger charge is 2.17. The molecule has 1 N–H and O–H groups in total. The second kappa shape index (κ2) is 6.01. The van der Waals surface area contributed by atoms with Gasteiger partial charge in [-0.25, -0.2) is 9.67 Å². The largest absolute Gasteiger partial charge is 0.507 e. The summed E-state index contributed by atoms with van der Waals surface area (Å²) in [5, 5.41) is 14.9. The average Bonchev–Trinajstić information content (AvgIpc) is 3.09. The molecule has 0 aliphatic carbocycles. The number of aromatic hydroxyl groups is 1. The fourth-order valence-corrected chi connectivity index (χ4v) is 2.61. The molecule has 4 heteroatoms. The Morgan fingerprint density at radius 3 is 2.04 bits per heavy atom. The maximum atomic E-state index is 10.2. The molecule has 0 fully saturated rings. The average molecular weight is 313 g/mol. The second-order valence-electron chi connectivity index (χ2n) is 5.39. The van der Waals surface area contributed by atoms with Gasteiger partial charge in [0.05, 0.1) is 11.3 Å². The molecule has 1 heterocycles. The van der Waals surface area contributed by atoms with Gasteiger partial charge in [-0.15, -0.1) is 5.10 Å². The Morgan fingerprint density at radius 1 is 0.708 bits per heavy atom. The number of aromatic nitrogens is 3. The first kappa shape index (κ1) is 14.2. The van der Waals surface area contributed by atoms with Gasteiger partial charge < -0.3 is 5.11 Å². The van der Waals surface area contributed by atoms with Gasteiger partial charge in [-0.3, -0.25) is 0 Å². The van der Waals surface area contributed by atoms with Crippen molar-refractivity contribution >= 4 is 0 Å². The van der Waals surface area contributed by atoms with E-state index in [1.54, 1.807) is 16.8 Å². The van der Waals surface area contributed by atoms with Crippen molar-refractivity contribution in [3.8, 4) is 34.2 Å². The lowest BCUT2D eigenvalue weighted by Gasteiger charge is -2.06. The summed E-state index contributed by atoms with van der Waals surface area (Å²) in [7, 11) is 0. The number of hydrogen-bond acceptors (Lipinski definition) is 3. The van der Waals surface area contributed by atoms with E-state index in [4.69, 9.17) is 0 Å². The van der Waals surface area contributed by atoms with Crippen molar-refractivity contribution in [2.24, 2.45) is 0 Å². The van der Waals surface area contributed by atoms with Crippen LogP contribution in [0.4, 0.5) is 0 Å². The van der Waals surface area contributed by atoms with E-state index in [9.17, 15) is 5.11 Å². The van der Waals surface area contributed by atoms with Crippen LogP contribution in [0.1, 0.15) is 0 Å². The predicted molar refractivity (Wildman–Crippen MR) is 93.9 cm³/mol. The van der Waals surface area contributed by atoms with Crippen LogP contribution in [0.2, 0.25) is 0 Å². The smallest absolute Gasteiger partial charge is 0.182 e. The van der Waals surface area contributed by atoms with Crippen molar-refractivity contribution < 1.29 is 5.11 Å². The Balaban J connectivity index is 1.94. The van der Waals surface area contributed by atoms with Gasteiger partial charge in [-0.1, -0.05) is 60.7 Å². The molecule has 116 valence electrons. The van der Waals surface area contributed by atoms with E-state index in [1.807, 2.05) is 72.8 Å². The van der Waals surface area contributed by atoms with E-state index in [0.717, 1.165) is 11.3 Å². The summed E-state index contributed by atoms with van der Waals surface area (Å²) in [5.74, 6) is 1.41. The minimum Gasteiger partial charge on any atom is -0.507 e. The molecular weight excluding hydrogens is 298 g/mol. The van der Waals surface area contributed by atoms with Crippen LogP contribution in [-0.2, 0) is 0 Å². The summed E-state index contributed by atoms with van der Waals surface area (Å²) in [6, 6.07) is 26.8. The number of nitrogens with zero attached hydrogens (tertiary/aromatic N) is 3. The van der Waals surface area contributed by atoms with Crippen LogP contribution in [0, 0.1) is 0 Å². The van der Waals surface area contributed by atoms with Gasteiger partial charge in [0, 0.05) is 5.56 Å². The second-order valence-corrected chi connectivity index (χ2v) is 5.39. The highest BCUT2D eigenvalue weighted by atomic mass is 16.3. The normalized spacial score (nSPS) is 10.7. The molecule has 0 saturated carbocycles. The van der Waals surface area contributed by atoms with Crippen LogP contribution < -0.4 is 0 Å². The predicted octanol–water partition coefficient (Wildman–Crippen LogP) is 4.31. The molecule has 24 heavy (non-hydrogen) atoms. The lowest BCUT2D eigenvalue weighted by Crippen LogP contribution is -1.99.